The van der Waals surface area contributed by atoms with E-state index in [1.165, 1.54) is 17.1 Å². The highest BCUT2D eigenvalue weighted by Gasteiger charge is 2.51. The van der Waals surface area contributed by atoms with E-state index in [1.54, 1.807) is 0 Å². The van der Waals surface area contributed by atoms with Crippen molar-refractivity contribution in [2.24, 2.45) is 17.8 Å². The molecule has 33 heavy (non-hydrogen) atoms. The lowest BCUT2D eigenvalue weighted by molar-refractivity contribution is -0.274. The first-order valence-corrected chi connectivity index (χ1v) is 12.3. The molecule has 1 aliphatic carbocycles. The molecule has 1 saturated carbocycles. The van der Waals surface area contributed by atoms with Crippen LogP contribution in [0.3, 0.4) is 0 Å². The number of fused-ring (bicyclic) bond motifs is 3. The molecule has 1 saturated heterocycles. The molecule has 178 valence electrons. The third-order valence-corrected chi connectivity index (χ3v) is 8.31. The van der Waals surface area contributed by atoms with Gasteiger partial charge >= 0.3 is 6.36 Å². The Kier molecular flexibility index (Phi) is 5.78. The maximum atomic E-state index is 13.6. The lowest BCUT2D eigenvalue weighted by atomic mass is 9.86. The molecule has 10 heteroatoms. The smallest absolute Gasteiger partial charge is 0.493 e. The van der Waals surface area contributed by atoms with Crippen LogP contribution in [0.4, 0.5) is 13.2 Å². The first kappa shape index (κ1) is 22.5. The van der Waals surface area contributed by atoms with Crippen molar-refractivity contribution in [2.75, 3.05) is 26.4 Å². The minimum absolute atomic E-state index is 0.0512. The van der Waals surface area contributed by atoms with Crippen molar-refractivity contribution in [2.45, 2.75) is 30.1 Å². The molecule has 0 amide bonds. The Morgan fingerprint density at radius 1 is 1.03 bits per heavy atom. The molecule has 0 spiro atoms. The summed E-state index contributed by atoms with van der Waals surface area (Å²) >= 11 is 0. The highest BCUT2D eigenvalue weighted by molar-refractivity contribution is 7.89. The van der Waals surface area contributed by atoms with Gasteiger partial charge in [-0.05, 0) is 49.1 Å². The third kappa shape index (κ3) is 4.69. The van der Waals surface area contributed by atoms with Gasteiger partial charge in [0.15, 0.2) is 0 Å². The van der Waals surface area contributed by atoms with Gasteiger partial charge in [-0.2, -0.15) is 4.31 Å². The highest BCUT2D eigenvalue weighted by Crippen LogP contribution is 2.49. The number of hydrogen-bond acceptors (Lipinski definition) is 5. The van der Waals surface area contributed by atoms with Crippen LogP contribution < -0.4 is 9.47 Å². The van der Waals surface area contributed by atoms with Gasteiger partial charge in [0.05, 0.1) is 24.2 Å². The molecule has 3 aliphatic rings. The normalized spacial score (nSPS) is 25.2. The fourth-order valence-electron chi connectivity index (χ4n) is 4.65. The van der Waals surface area contributed by atoms with E-state index in [0.717, 1.165) is 29.8 Å². The number of alkyl halides is 3. The summed E-state index contributed by atoms with van der Waals surface area (Å²) in [4.78, 5) is -0.0840. The number of benzene rings is 2. The number of hydrogen-bond donors (Lipinski definition) is 0. The molecule has 0 unspecified atom stereocenters. The summed E-state index contributed by atoms with van der Waals surface area (Å²) in [6, 6.07) is 11.3. The molecule has 0 radical (unpaired) electrons. The molecule has 2 fully saturated rings. The van der Waals surface area contributed by atoms with Gasteiger partial charge in [-0.3, -0.25) is 0 Å². The van der Waals surface area contributed by atoms with Crippen LogP contribution in [-0.4, -0.2) is 45.5 Å². The molecule has 0 aromatic heterocycles. The summed E-state index contributed by atoms with van der Waals surface area (Å²) in [5, 5.41) is 0. The van der Waals surface area contributed by atoms with Gasteiger partial charge in [0.1, 0.15) is 11.5 Å². The number of nitrogens with zero attached hydrogens (tertiary/aromatic N) is 1. The van der Waals surface area contributed by atoms with Gasteiger partial charge in [-0.25, -0.2) is 8.42 Å². The van der Waals surface area contributed by atoms with Gasteiger partial charge < -0.3 is 14.2 Å². The Morgan fingerprint density at radius 3 is 2.45 bits per heavy atom. The largest absolute Gasteiger partial charge is 0.573 e. The van der Waals surface area contributed by atoms with Gasteiger partial charge in [-0.15, -0.1) is 13.2 Å². The van der Waals surface area contributed by atoms with Gasteiger partial charge in [0.2, 0.25) is 10.0 Å². The zero-order valence-corrected chi connectivity index (χ0v) is 18.5. The third-order valence-electron chi connectivity index (χ3n) is 6.45. The molecular weight excluding hydrogens is 459 g/mol. The van der Waals surface area contributed by atoms with E-state index >= 15 is 0 Å². The molecule has 0 bridgehead atoms. The second kappa shape index (κ2) is 8.48. The Morgan fingerprint density at radius 2 is 1.76 bits per heavy atom. The van der Waals surface area contributed by atoms with Crippen LogP contribution in [0.5, 0.6) is 11.5 Å². The number of halogens is 3. The van der Waals surface area contributed by atoms with Gasteiger partial charge in [0, 0.05) is 30.6 Å². The summed E-state index contributed by atoms with van der Waals surface area (Å²) in [6.45, 7) is 1.75. The molecule has 5 rings (SSSR count). The second-order valence-electron chi connectivity index (χ2n) is 8.79. The fourth-order valence-corrected chi connectivity index (χ4v) is 6.36. The Labute approximate surface area is 190 Å². The molecule has 2 heterocycles. The van der Waals surface area contributed by atoms with E-state index in [0.29, 0.717) is 31.5 Å². The van der Waals surface area contributed by atoms with Crippen LogP contribution in [0.1, 0.15) is 24.4 Å². The maximum Gasteiger partial charge on any atom is 0.573 e. The van der Waals surface area contributed by atoms with E-state index in [1.807, 2.05) is 24.3 Å². The van der Waals surface area contributed by atoms with Crippen molar-refractivity contribution < 1.29 is 35.8 Å². The topological polar surface area (TPSA) is 65.1 Å². The molecule has 2 aromatic rings. The van der Waals surface area contributed by atoms with E-state index in [4.69, 9.17) is 9.47 Å². The minimum Gasteiger partial charge on any atom is -0.493 e. The van der Waals surface area contributed by atoms with Crippen molar-refractivity contribution in [1.29, 1.82) is 0 Å². The van der Waals surface area contributed by atoms with Crippen LogP contribution in [0.2, 0.25) is 0 Å². The number of para-hydroxylation sites is 1. The molecule has 0 N–H and O–H groups in total. The van der Waals surface area contributed by atoms with Crippen LogP contribution in [0, 0.1) is 17.8 Å². The predicted molar refractivity (Wildman–Crippen MR) is 112 cm³/mol. The van der Waals surface area contributed by atoms with Crippen LogP contribution in [0.25, 0.3) is 0 Å². The van der Waals surface area contributed by atoms with Crippen LogP contribution >= 0.6 is 0 Å². The van der Waals surface area contributed by atoms with Crippen molar-refractivity contribution >= 4 is 10.0 Å². The zero-order chi connectivity index (χ0) is 23.2. The summed E-state index contributed by atoms with van der Waals surface area (Å²) < 4.78 is 81.8. The number of ether oxygens (including phenoxy) is 3. The summed E-state index contributed by atoms with van der Waals surface area (Å²) in [5.74, 6) is 0.644. The zero-order valence-electron chi connectivity index (χ0n) is 17.7. The van der Waals surface area contributed by atoms with Crippen LogP contribution in [-0.2, 0) is 14.8 Å². The summed E-state index contributed by atoms with van der Waals surface area (Å²) in [7, 11) is -3.99. The first-order valence-electron chi connectivity index (χ1n) is 10.9. The Bertz CT molecular complexity index is 1100. The van der Waals surface area contributed by atoms with Crippen molar-refractivity contribution in [3.8, 4) is 11.5 Å². The van der Waals surface area contributed by atoms with Crippen molar-refractivity contribution in [3.05, 3.63) is 54.1 Å². The molecular formula is C23H24F3NO5S. The fraction of sp³-hybridized carbons (Fsp3) is 0.478. The van der Waals surface area contributed by atoms with Crippen molar-refractivity contribution in [1.82, 2.24) is 4.31 Å². The standard InChI is InChI=1S/C23H24F3NO5S/c24-23(25,26)32-17-7-9-18(10-8-17)33(28,29)27-11-16(13-30-12-15-5-6-15)20-14-31-21-4-2-1-3-19(21)22(20)27/h1-4,7-10,15-16,20,22H,5-6,11-14H2/t16-,20-,22-/m0/s1. The van der Waals surface area contributed by atoms with E-state index in [-0.39, 0.29) is 23.3 Å². The lowest BCUT2D eigenvalue weighted by Crippen LogP contribution is -2.35. The summed E-state index contributed by atoms with van der Waals surface area (Å²) in [6.07, 6.45) is -2.51. The number of rotatable bonds is 7. The summed E-state index contributed by atoms with van der Waals surface area (Å²) in [5.41, 5.74) is 0.791. The molecule has 2 aromatic carbocycles. The number of sulfonamides is 1. The van der Waals surface area contributed by atoms with Gasteiger partial charge in [-0.1, -0.05) is 18.2 Å². The average molecular weight is 484 g/mol. The van der Waals surface area contributed by atoms with E-state index in [9.17, 15) is 21.6 Å². The van der Waals surface area contributed by atoms with Gasteiger partial charge in [0.25, 0.3) is 0 Å². The Hall–Kier alpha value is -2.30. The quantitative estimate of drug-likeness (QED) is 0.585. The highest BCUT2D eigenvalue weighted by atomic mass is 32.2. The SMILES string of the molecule is O=S(=O)(c1ccc(OC(F)(F)F)cc1)N1C[C@@H](COCC2CC2)[C@@H]2COc3ccccc3[C@@H]21. The van der Waals surface area contributed by atoms with E-state index in [2.05, 4.69) is 4.74 Å². The average Bonchev–Trinajstić information content (AvgIpc) is 3.51. The molecule has 6 nitrogen and oxygen atoms in total. The first-order chi connectivity index (χ1) is 15.7. The van der Waals surface area contributed by atoms with Crippen molar-refractivity contribution in [3.63, 3.8) is 0 Å². The Balaban J connectivity index is 1.43. The second-order valence-corrected chi connectivity index (χ2v) is 10.7. The monoisotopic (exact) mass is 483 g/mol. The molecule has 2 aliphatic heterocycles. The lowest BCUT2D eigenvalue weighted by Gasteiger charge is -2.34. The minimum atomic E-state index is -4.85. The van der Waals surface area contributed by atoms with Crippen LogP contribution in [0.15, 0.2) is 53.4 Å². The predicted octanol–water partition coefficient (Wildman–Crippen LogP) is 4.38. The van der Waals surface area contributed by atoms with E-state index < -0.39 is 28.2 Å². The molecule has 3 atom stereocenters. The maximum absolute atomic E-state index is 13.6.